The number of aromatic carboxylic acids is 1. The lowest BCUT2D eigenvalue weighted by molar-refractivity contribution is 0.0694. The zero-order valence-corrected chi connectivity index (χ0v) is 12.9. The molecular formula is C13H20N2O5S. The van der Waals surface area contributed by atoms with Gasteiger partial charge >= 0.3 is 16.2 Å². The molecule has 0 amide bonds. The van der Waals surface area contributed by atoms with Crippen molar-refractivity contribution in [3.63, 3.8) is 0 Å². The van der Waals surface area contributed by atoms with Crippen LogP contribution in [0.15, 0.2) is 18.2 Å². The Kier molecular flexibility index (Phi) is 5.98. The van der Waals surface area contributed by atoms with Crippen molar-refractivity contribution in [3.05, 3.63) is 23.8 Å². The van der Waals surface area contributed by atoms with Crippen molar-refractivity contribution in [2.45, 2.75) is 26.7 Å². The first-order valence-electron chi connectivity index (χ1n) is 6.66. The number of aromatic hydroxyl groups is 1. The molecule has 1 aromatic carbocycles. The average molecular weight is 316 g/mol. The number of rotatable bonds is 8. The smallest absolute Gasteiger partial charge is 0.339 e. The summed E-state index contributed by atoms with van der Waals surface area (Å²) in [5, 5.41) is 18.8. The van der Waals surface area contributed by atoms with E-state index in [0.717, 1.165) is 0 Å². The van der Waals surface area contributed by atoms with Gasteiger partial charge in [-0.15, -0.1) is 0 Å². The Morgan fingerprint density at radius 2 is 1.81 bits per heavy atom. The minimum atomic E-state index is -3.83. The molecule has 0 heterocycles. The molecule has 0 atom stereocenters. The van der Waals surface area contributed by atoms with Gasteiger partial charge in [0.05, 0.1) is 5.69 Å². The summed E-state index contributed by atoms with van der Waals surface area (Å²) in [6.45, 7) is 4.42. The number of anilines is 1. The Morgan fingerprint density at radius 3 is 2.29 bits per heavy atom. The molecule has 0 saturated carbocycles. The highest BCUT2D eigenvalue weighted by atomic mass is 32.2. The van der Waals surface area contributed by atoms with Crippen LogP contribution in [-0.4, -0.2) is 42.0 Å². The summed E-state index contributed by atoms with van der Waals surface area (Å²) in [7, 11) is -3.83. The number of nitrogens with one attached hydrogen (secondary N) is 1. The van der Waals surface area contributed by atoms with E-state index in [1.165, 1.54) is 22.5 Å². The zero-order valence-electron chi connectivity index (χ0n) is 12.0. The van der Waals surface area contributed by atoms with Gasteiger partial charge in [-0.3, -0.25) is 4.72 Å². The van der Waals surface area contributed by atoms with Crippen LogP contribution in [0.5, 0.6) is 5.75 Å². The number of carbonyl (C=O) groups is 1. The SMILES string of the molecule is CCCN(CCC)S(=O)(=O)Nc1cccc(C(=O)O)c1O. The summed E-state index contributed by atoms with van der Waals surface area (Å²) < 4.78 is 28.0. The lowest BCUT2D eigenvalue weighted by atomic mass is 10.2. The molecule has 8 heteroatoms. The average Bonchev–Trinajstić information content (AvgIpc) is 2.40. The van der Waals surface area contributed by atoms with E-state index in [1.807, 2.05) is 13.8 Å². The number of hydrogen-bond donors (Lipinski definition) is 3. The fourth-order valence-corrected chi connectivity index (χ4v) is 3.27. The fraction of sp³-hybridized carbons (Fsp3) is 0.462. The number of nitrogens with zero attached hydrogens (tertiary/aromatic N) is 1. The molecule has 0 aliphatic rings. The van der Waals surface area contributed by atoms with E-state index in [-0.39, 0.29) is 11.3 Å². The Morgan fingerprint density at radius 1 is 1.24 bits per heavy atom. The van der Waals surface area contributed by atoms with Gasteiger partial charge < -0.3 is 10.2 Å². The van der Waals surface area contributed by atoms with Gasteiger partial charge in [0, 0.05) is 13.1 Å². The highest BCUT2D eigenvalue weighted by Gasteiger charge is 2.23. The number of hydrogen-bond acceptors (Lipinski definition) is 4. The lowest BCUT2D eigenvalue weighted by Gasteiger charge is -2.22. The van der Waals surface area contributed by atoms with Crippen molar-refractivity contribution < 1.29 is 23.4 Å². The summed E-state index contributed by atoms with van der Waals surface area (Å²) in [6, 6.07) is 3.88. The fourth-order valence-electron chi connectivity index (χ4n) is 1.85. The van der Waals surface area contributed by atoms with Crippen LogP contribution in [0.1, 0.15) is 37.0 Å². The summed E-state index contributed by atoms with van der Waals surface area (Å²) in [4.78, 5) is 10.9. The number of para-hydroxylation sites is 1. The van der Waals surface area contributed by atoms with Crippen LogP contribution in [-0.2, 0) is 10.2 Å². The molecule has 0 aromatic heterocycles. The van der Waals surface area contributed by atoms with Gasteiger partial charge in [0.1, 0.15) is 5.56 Å². The van der Waals surface area contributed by atoms with Crippen LogP contribution in [0.2, 0.25) is 0 Å². The van der Waals surface area contributed by atoms with Crippen molar-refractivity contribution in [1.82, 2.24) is 4.31 Å². The molecule has 0 saturated heterocycles. The molecule has 0 aliphatic carbocycles. The predicted octanol–water partition coefficient (Wildman–Crippen LogP) is 1.87. The minimum Gasteiger partial charge on any atom is -0.505 e. The predicted molar refractivity (Wildman–Crippen MR) is 79.8 cm³/mol. The second kappa shape index (κ2) is 7.28. The van der Waals surface area contributed by atoms with Crippen molar-refractivity contribution >= 4 is 21.9 Å². The van der Waals surface area contributed by atoms with Crippen LogP contribution in [0.3, 0.4) is 0 Å². The summed E-state index contributed by atoms with van der Waals surface area (Å²) in [5.41, 5.74) is -0.500. The number of carboxylic acid groups (broad SMARTS) is 1. The maximum atomic E-state index is 12.3. The molecule has 0 unspecified atom stereocenters. The molecule has 1 aromatic rings. The van der Waals surface area contributed by atoms with Gasteiger partial charge in [0.25, 0.3) is 0 Å². The quantitative estimate of drug-likeness (QED) is 0.635. The van der Waals surface area contributed by atoms with Crippen molar-refractivity contribution in [3.8, 4) is 5.75 Å². The number of benzene rings is 1. The number of carboxylic acids is 1. The van der Waals surface area contributed by atoms with E-state index >= 15 is 0 Å². The molecule has 118 valence electrons. The molecule has 7 nitrogen and oxygen atoms in total. The first-order chi connectivity index (χ1) is 9.83. The molecule has 3 N–H and O–H groups in total. The van der Waals surface area contributed by atoms with Gasteiger partial charge in [-0.25, -0.2) is 4.79 Å². The van der Waals surface area contributed by atoms with E-state index in [4.69, 9.17) is 5.11 Å². The monoisotopic (exact) mass is 316 g/mol. The largest absolute Gasteiger partial charge is 0.505 e. The van der Waals surface area contributed by atoms with Crippen LogP contribution < -0.4 is 4.72 Å². The molecule has 21 heavy (non-hydrogen) atoms. The van der Waals surface area contributed by atoms with E-state index < -0.39 is 21.9 Å². The first kappa shape index (κ1) is 17.3. The molecule has 1 rings (SSSR count). The second-order valence-corrected chi connectivity index (χ2v) is 6.18. The van der Waals surface area contributed by atoms with Gasteiger partial charge in [-0.1, -0.05) is 19.9 Å². The third kappa shape index (κ3) is 4.33. The van der Waals surface area contributed by atoms with E-state index in [0.29, 0.717) is 25.9 Å². The van der Waals surface area contributed by atoms with Crippen molar-refractivity contribution in [2.75, 3.05) is 17.8 Å². The zero-order chi connectivity index (χ0) is 16.0. The van der Waals surface area contributed by atoms with Gasteiger partial charge in [0.15, 0.2) is 5.75 Å². The molecule has 0 aliphatic heterocycles. The Hall–Kier alpha value is -1.80. The van der Waals surface area contributed by atoms with Crippen LogP contribution in [0, 0.1) is 0 Å². The molecular weight excluding hydrogens is 296 g/mol. The van der Waals surface area contributed by atoms with Crippen LogP contribution in [0.25, 0.3) is 0 Å². The molecule has 0 radical (unpaired) electrons. The highest BCUT2D eigenvalue weighted by molar-refractivity contribution is 7.90. The van der Waals surface area contributed by atoms with Gasteiger partial charge in [0.2, 0.25) is 0 Å². The normalized spacial score (nSPS) is 11.6. The Labute approximate surface area is 124 Å². The third-order valence-electron chi connectivity index (χ3n) is 2.79. The van der Waals surface area contributed by atoms with E-state index in [1.54, 1.807) is 0 Å². The van der Waals surface area contributed by atoms with E-state index in [9.17, 15) is 18.3 Å². The molecule has 0 spiro atoms. The second-order valence-electron chi connectivity index (χ2n) is 4.51. The molecule has 0 fully saturated rings. The minimum absolute atomic E-state index is 0.146. The topological polar surface area (TPSA) is 107 Å². The maximum absolute atomic E-state index is 12.3. The van der Waals surface area contributed by atoms with Crippen LogP contribution in [0.4, 0.5) is 5.69 Å². The summed E-state index contributed by atoms with van der Waals surface area (Å²) in [5.74, 6) is -1.92. The van der Waals surface area contributed by atoms with Gasteiger partial charge in [-0.2, -0.15) is 12.7 Å². The first-order valence-corrected chi connectivity index (χ1v) is 8.10. The van der Waals surface area contributed by atoms with Crippen molar-refractivity contribution in [2.24, 2.45) is 0 Å². The third-order valence-corrected chi connectivity index (χ3v) is 4.31. The van der Waals surface area contributed by atoms with Gasteiger partial charge in [-0.05, 0) is 25.0 Å². The van der Waals surface area contributed by atoms with Crippen molar-refractivity contribution in [1.29, 1.82) is 0 Å². The standard InChI is InChI=1S/C13H20N2O5S/c1-3-8-15(9-4-2)21(19,20)14-11-7-5-6-10(12(11)16)13(17)18/h5-7,14,16H,3-4,8-9H2,1-2H3,(H,17,18). The Bertz CT molecular complexity index is 595. The highest BCUT2D eigenvalue weighted by Crippen LogP contribution is 2.28. The maximum Gasteiger partial charge on any atom is 0.339 e. The lowest BCUT2D eigenvalue weighted by Crippen LogP contribution is -2.37. The van der Waals surface area contributed by atoms with E-state index in [2.05, 4.69) is 4.72 Å². The number of phenols is 1. The summed E-state index contributed by atoms with van der Waals surface area (Å²) in [6.07, 6.45) is 1.31. The Balaban J connectivity index is 3.08. The van der Waals surface area contributed by atoms with Crippen LogP contribution >= 0.6 is 0 Å². The molecule has 0 bridgehead atoms. The summed E-state index contributed by atoms with van der Waals surface area (Å²) >= 11 is 0.